The zero-order chi connectivity index (χ0) is 16.3. The van der Waals surface area contributed by atoms with Gasteiger partial charge in [0.05, 0.1) is 18.1 Å². The van der Waals surface area contributed by atoms with Gasteiger partial charge in [0.2, 0.25) is 10.0 Å². The fourth-order valence-electron chi connectivity index (χ4n) is 2.40. The first kappa shape index (κ1) is 16.7. The average Bonchev–Trinajstić information content (AvgIpc) is 2.48. The van der Waals surface area contributed by atoms with E-state index in [0.29, 0.717) is 12.8 Å². The van der Waals surface area contributed by atoms with E-state index in [2.05, 4.69) is 9.62 Å². The third-order valence-corrected chi connectivity index (χ3v) is 5.26. The van der Waals surface area contributed by atoms with Crippen molar-refractivity contribution in [1.29, 1.82) is 0 Å². The third-order valence-electron chi connectivity index (χ3n) is 3.69. The minimum Gasteiger partial charge on any atom is -0.497 e. The van der Waals surface area contributed by atoms with E-state index < -0.39 is 20.6 Å². The van der Waals surface area contributed by atoms with Crippen molar-refractivity contribution in [2.75, 3.05) is 27.2 Å². The van der Waals surface area contributed by atoms with Gasteiger partial charge in [-0.15, -0.1) is 0 Å². The summed E-state index contributed by atoms with van der Waals surface area (Å²) in [6, 6.07) is 3.51. The van der Waals surface area contributed by atoms with Crippen LogP contribution < -0.4 is 9.46 Å². The van der Waals surface area contributed by atoms with Crippen molar-refractivity contribution >= 4 is 15.7 Å². The summed E-state index contributed by atoms with van der Waals surface area (Å²) in [7, 11) is -0.607. The largest absolute Gasteiger partial charge is 0.497 e. The number of likely N-dealkylation sites (tertiary alicyclic amines) is 1. The monoisotopic (exact) mass is 329 g/mol. The Morgan fingerprint density at radius 1 is 1.36 bits per heavy atom. The first-order valence-electron chi connectivity index (χ1n) is 6.87. The molecule has 1 fully saturated rings. The summed E-state index contributed by atoms with van der Waals surface area (Å²) in [5.74, 6) is 0.241. The number of rotatable bonds is 5. The van der Waals surface area contributed by atoms with E-state index in [-0.39, 0.29) is 16.7 Å². The molecule has 0 unspecified atom stereocenters. The van der Waals surface area contributed by atoms with Crippen molar-refractivity contribution in [3.05, 3.63) is 28.3 Å². The van der Waals surface area contributed by atoms with Crippen molar-refractivity contribution in [2.45, 2.75) is 23.8 Å². The topological polar surface area (TPSA) is 102 Å². The Bertz CT molecular complexity index is 654. The fourth-order valence-corrected chi connectivity index (χ4v) is 3.86. The van der Waals surface area contributed by atoms with Crippen molar-refractivity contribution in [3.8, 4) is 5.75 Å². The highest BCUT2D eigenvalue weighted by Gasteiger charge is 2.29. The number of methoxy groups -OCH3 is 1. The molecule has 0 aromatic heterocycles. The molecular weight excluding hydrogens is 310 g/mol. The minimum atomic E-state index is -3.94. The Morgan fingerprint density at radius 3 is 2.55 bits per heavy atom. The molecule has 1 N–H and O–H groups in total. The molecule has 0 aliphatic carbocycles. The van der Waals surface area contributed by atoms with Gasteiger partial charge < -0.3 is 9.64 Å². The maximum atomic E-state index is 12.4. The van der Waals surface area contributed by atoms with Crippen LogP contribution in [0.5, 0.6) is 5.75 Å². The number of nitrogens with zero attached hydrogens (tertiary/aromatic N) is 2. The molecule has 0 radical (unpaired) electrons. The second-order valence-corrected chi connectivity index (χ2v) is 6.97. The molecule has 0 saturated carbocycles. The van der Waals surface area contributed by atoms with Crippen LogP contribution in [0.3, 0.4) is 0 Å². The normalized spacial score (nSPS) is 17.4. The van der Waals surface area contributed by atoms with Crippen LogP contribution in [0.15, 0.2) is 23.1 Å². The number of sulfonamides is 1. The molecule has 1 saturated heterocycles. The van der Waals surface area contributed by atoms with Gasteiger partial charge >= 0.3 is 0 Å². The molecule has 1 aromatic carbocycles. The van der Waals surface area contributed by atoms with Gasteiger partial charge in [0.25, 0.3) is 5.69 Å². The predicted octanol–water partition coefficient (Wildman–Crippen LogP) is 0.976. The molecule has 0 amide bonds. The van der Waals surface area contributed by atoms with Gasteiger partial charge in [-0.25, -0.2) is 13.1 Å². The van der Waals surface area contributed by atoms with Crippen LogP contribution in [0.4, 0.5) is 5.69 Å². The summed E-state index contributed by atoms with van der Waals surface area (Å²) in [6.07, 6.45) is 1.36. The third kappa shape index (κ3) is 3.73. The fraction of sp³-hybridized carbons (Fsp3) is 0.538. The van der Waals surface area contributed by atoms with E-state index in [9.17, 15) is 18.5 Å². The quantitative estimate of drug-likeness (QED) is 0.638. The van der Waals surface area contributed by atoms with Gasteiger partial charge in [0, 0.05) is 6.04 Å². The number of piperidine rings is 1. The van der Waals surface area contributed by atoms with Crippen LogP contribution in [-0.4, -0.2) is 51.5 Å². The summed E-state index contributed by atoms with van der Waals surface area (Å²) >= 11 is 0. The summed E-state index contributed by atoms with van der Waals surface area (Å²) < 4.78 is 32.3. The number of hydrogen-bond acceptors (Lipinski definition) is 6. The van der Waals surface area contributed by atoms with Gasteiger partial charge in [-0.2, -0.15) is 0 Å². The second-order valence-electron chi connectivity index (χ2n) is 5.29. The Balaban J connectivity index is 2.27. The molecule has 1 aliphatic rings. The Kier molecular flexibility index (Phi) is 4.99. The van der Waals surface area contributed by atoms with E-state index in [1.807, 2.05) is 7.05 Å². The molecule has 9 heteroatoms. The Labute approximate surface area is 129 Å². The maximum Gasteiger partial charge on any atom is 0.293 e. The zero-order valence-corrected chi connectivity index (χ0v) is 13.3. The molecule has 8 nitrogen and oxygen atoms in total. The lowest BCUT2D eigenvalue weighted by Crippen LogP contribution is -2.43. The lowest BCUT2D eigenvalue weighted by molar-refractivity contribution is -0.387. The average molecular weight is 329 g/mol. The van der Waals surface area contributed by atoms with Crippen LogP contribution in [0, 0.1) is 10.1 Å². The first-order valence-corrected chi connectivity index (χ1v) is 8.35. The molecule has 0 atom stereocenters. The standard InChI is InChI=1S/C13H19N3O5S/c1-15-7-5-10(6-8-15)14-22(19,20)13-4-3-11(21-2)9-12(13)16(17)18/h3-4,9-10,14H,5-8H2,1-2H3. The van der Waals surface area contributed by atoms with Gasteiger partial charge in [0.15, 0.2) is 4.90 Å². The van der Waals surface area contributed by atoms with Gasteiger partial charge in [0.1, 0.15) is 5.75 Å². The molecule has 1 heterocycles. The lowest BCUT2D eigenvalue weighted by Gasteiger charge is -2.29. The van der Waals surface area contributed by atoms with Crippen LogP contribution in [0.1, 0.15) is 12.8 Å². The molecule has 1 aromatic rings. The smallest absolute Gasteiger partial charge is 0.293 e. The van der Waals surface area contributed by atoms with Crippen LogP contribution in [-0.2, 0) is 10.0 Å². The van der Waals surface area contributed by atoms with Gasteiger partial charge in [-0.1, -0.05) is 0 Å². The molecule has 0 spiro atoms. The van der Waals surface area contributed by atoms with Crippen molar-refractivity contribution in [2.24, 2.45) is 0 Å². The van der Waals surface area contributed by atoms with Gasteiger partial charge in [-0.05, 0) is 45.1 Å². The molecule has 2 rings (SSSR count). The van der Waals surface area contributed by atoms with Crippen molar-refractivity contribution in [1.82, 2.24) is 9.62 Å². The predicted molar refractivity (Wildman–Crippen MR) is 80.5 cm³/mol. The SMILES string of the molecule is COc1ccc(S(=O)(=O)NC2CCN(C)CC2)c([N+](=O)[O-])c1. The number of hydrogen-bond donors (Lipinski definition) is 1. The number of ether oxygens (including phenoxy) is 1. The molecular formula is C13H19N3O5S. The lowest BCUT2D eigenvalue weighted by atomic mass is 10.1. The number of benzene rings is 1. The highest BCUT2D eigenvalue weighted by molar-refractivity contribution is 7.89. The maximum absolute atomic E-state index is 12.4. The summed E-state index contributed by atoms with van der Waals surface area (Å²) in [4.78, 5) is 12.2. The number of nitrogens with one attached hydrogen (secondary N) is 1. The van der Waals surface area contributed by atoms with Crippen LogP contribution in [0.25, 0.3) is 0 Å². The van der Waals surface area contributed by atoms with E-state index in [1.54, 1.807) is 0 Å². The first-order chi connectivity index (χ1) is 10.3. The van der Waals surface area contributed by atoms with E-state index >= 15 is 0 Å². The zero-order valence-electron chi connectivity index (χ0n) is 12.5. The second kappa shape index (κ2) is 6.59. The van der Waals surface area contributed by atoms with Crippen LogP contribution >= 0.6 is 0 Å². The number of nitro groups is 1. The highest BCUT2D eigenvalue weighted by Crippen LogP contribution is 2.28. The minimum absolute atomic E-state index is 0.206. The van der Waals surface area contributed by atoms with Crippen molar-refractivity contribution in [3.63, 3.8) is 0 Å². The summed E-state index contributed by atoms with van der Waals surface area (Å²) in [5.41, 5.74) is -0.486. The Morgan fingerprint density at radius 2 is 2.00 bits per heavy atom. The van der Waals surface area contributed by atoms with Crippen molar-refractivity contribution < 1.29 is 18.1 Å². The van der Waals surface area contributed by atoms with Gasteiger partial charge in [-0.3, -0.25) is 10.1 Å². The summed E-state index contributed by atoms with van der Waals surface area (Å²) in [5, 5.41) is 11.1. The highest BCUT2D eigenvalue weighted by atomic mass is 32.2. The number of nitro benzene ring substituents is 1. The van der Waals surface area contributed by atoms with E-state index in [0.717, 1.165) is 19.2 Å². The molecule has 22 heavy (non-hydrogen) atoms. The Hall–Kier alpha value is -1.71. The molecule has 1 aliphatic heterocycles. The molecule has 0 bridgehead atoms. The summed E-state index contributed by atoms with van der Waals surface area (Å²) in [6.45, 7) is 1.58. The van der Waals surface area contributed by atoms with E-state index in [1.165, 1.54) is 19.2 Å². The van der Waals surface area contributed by atoms with Crippen LogP contribution in [0.2, 0.25) is 0 Å². The molecule has 122 valence electrons. The van der Waals surface area contributed by atoms with E-state index in [4.69, 9.17) is 4.74 Å².